The van der Waals surface area contributed by atoms with Crippen LogP contribution in [0.1, 0.15) is 36.3 Å². The number of furan rings is 1. The molecule has 0 amide bonds. The molecule has 1 unspecified atom stereocenters. The van der Waals surface area contributed by atoms with Crippen molar-refractivity contribution in [2.45, 2.75) is 32.4 Å². The van der Waals surface area contributed by atoms with E-state index in [0.717, 1.165) is 35.5 Å². The molecule has 1 aliphatic heterocycles. The van der Waals surface area contributed by atoms with Gasteiger partial charge in [-0.05, 0) is 57.1 Å². The number of likely N-dealkylation sites (tertiary alicyclic amines) is 1. The minimum absolute atomic E-state index is 0.0852. The Balaban J connectivity index is 1.46. The number of nitrogens with two attached hydrogens (primary N) is 1. The maximum absolute atomic E-state index is 14.0. The van der Waals surface area contributed by atoms with Crippen LogP contribution in [0.2, 0.25) is 10.0 Å². The van der Waals surface area contributed by atoms with Gasteiger partial charge in [-0.1, -0.05) is 23.2 Å². The number of thiophene rings is 1. The SMILES string of the molecule is CC(Oc1c(N)ncc2c(-c3ccc(CN4CCCC4)s3)coc12)c1c(Cl)ccc(F)c1Cl. The Morgan fingerprint density at radius 1 is 1.24 bits per heavy atom. The number of pyridine rings is 1. The fourth-order valence-corrected chi connectivity index (χ4v) is 5.95. The van der Waals surface area contributed by atoms with Gasteiger partial charge in [0.2, 0.25) is 5.75 Å². The summed E-state index contributed by atoms with van der Waals surface area (Å²) in [6.45, 7) is 5.00. The highest BCUT2D eigenvalue weighted by Gasteiger charge is 2.23. The summed E-state index contributed by atoms with van der Waals surface area (Å²) in [7, 11) is 0. The molecule has 3 aromatic heterocycles. The second kappa shape index (κ2) is 9.14. The largest absolute Gasteiger partial charge is 0.478 e. The second-order valence-corrected chi connectivity index (χ2v) is 10.1. The molecule has 0 radical (unpaired) electrons. The molecular weight excluding hydrogens is 484 g/mol. The minimum Gasteiger partial charge on any atom is -0.478 e. The van der Waals surface area contributed by atoms with Crippen molar-refractivity contribution >= 4 is 51.3 Å². The van der Waals surface area contributed by atoms with Crippen molar-refractivity contribution in [2.24, 2.45) is 0 Å². The number of ether oxygens (including phenoxy) is 1. The Labute approximate surface area is 204 Å². The van der Waals surface area contributed by atoms with Crippen LogP contribution in [-0.2, 0) is 6.54 Å². The van der Waals surface area contributed by atoms with Gasteiger partial charge >= 0.3 is 0 Å². The van der Waals surface area contributed by atoms with Crippen molar-refractivity contribution in [3.8, 4) is 16.2 Å². The number of fused-ring (bicyclic) bond motifs is 1. The smallest absolute Gasteiger partial charge is 0.205 e. The molecule has 33 heavy (non-hydrogen) atoms. The quantitative estimate of drug-likeness (QED) is 0.278. The molecule has 1 saturated heterocycles. The first-order valence-electron chi connectivity index (χ1n) is 10.7. The summed E-state index contributed by atoms with van der Waals surface area (Å²) in [6, 6.07) is 6.93. The number of halogens is 3. The van der Waals surface area contributed by atoms with Crippen LogP contribution >= 0.6 is 34.5 Å². The molecule has 4 aromatic rings. The van der Waals surface area contributed by atoms with Gasteiger partial charge in [0.05, 0.1) is 10.4 Å². The number of anilines is 1. The third-order valence-electron chi connectivity index (χ3n) is 5.89. The van der Waals surface area contributed by atoms with E-state index in [1.54, 1.807) is 30.7 Å². The maximum atomic E-state index is 14.0. The van der Waals surface area contributed by atoms with E-state index in [9.17, 15) is 4.39 Å². The second-order valence-electron chi connectivity index (χ2n) is 8.13. The number of aromatic nitrogens is 1. The van der Waals surface area contributed by atoms with Gasteiger partial charge in [0, 0.05) is 38.6 Å². The average Bonchev–Trinajstić information content (AvgIpc) is 3.54. The standard InChI is InChI=1S/C24H22Cl2FN3O2S/c1-13(20-17(25)5-6-18(27)21(20)26)32-23-22-15(10-29-24(23)28)16(12-31-22)19-7-4-14(33-19)11-30-8-2-3-9-30/h4-7,10,12-13H,2-3,8-9,11H2,1H3,(H2,28,29). The summed E-state index contributed by atoms with van der Waals surface area (Å²) in [5.41, 5.74) is 7.86. The summed E-state index contributed by atoms with van der Waals surface area (Å²) >= 11 is 14.2. The van der Waals surface area contributed by atoms with Crippen LogP contribution in [0.15, 0.2) is 41.1 Å². The summed E-state index contributed by atoms with van der Waals surface area (Å²) in [5.74, 6) is -0.130. The zero-order chi connectivity index (χ0) is 23.1. The third kappa shape index (κ3) is 4.30. The first kappa shape index (κ1) is 22.5. The molecule has 1 aliphatic rings. The van der Waals surface area contributed by atoms with Gasteiger partial charge in [-0.3, -0.25) is 4.90 Å². The molecule has 0 saturated carbocycles. The zero-order valence-electron chi connectivity index (χ0n) is 17.9. The molecule has 1 fully saturated rings. The van der Waals surface area contributed by atoms with Gasteiger partial charge in [-0.15, -0.1) is 11.3 Å². The molecule has 1 atom stereocenters. The molecule has 172 valence electrons. The van der Waals surface area contributed by atoms with Crippen molar-refractivity contribution in [3.63, 3.8) is 0 Å². The first-order chi connectivity index (χ1) is 15.9. The number of nitrogens with zero attached hydrogens (tertiary/aromatic N) is 2. The van der Waals surface area contributed by atoms with Gasteiger partial charge in [0.1, 0.15) is 18.2 Å². The minimum atomic E-state index is -0.683. The van der Waals surface area contributed by atoms with Crippen molar-refractivity contribution in [3.05, 3.63) is 63.0 Å². The monoisotopic (exact) mass is 505 g/mol. The number of hydrogen-bond donors (Lipinski definition) is 1. The number of hydrogen-bond acceptors (Lipinski definition) is 6. The highest BCUT2D eigenvalue weighted by atomic mass is 35.5. The molecule has 0 aliphatic carbocycles. The van der Waals surface area contributed by atoms with Crippen molar-refractivity contribution in [2.75, 3.05) is 18.8 Å². The van der Waals surface area contributed by atoms with Crippen molar-refractivity contribution in [1.29, 1.82) is 0 Å². The lowest BCUT2D eigenvalue weighted by Gasteiger charge is -2.18. The third-order valence-corrected chi connectivity index (χ3v) is 7.70. The van der Waals surface area contributed by atoms with Crippen molar-refractivity contribution < 1.29 is 13.5 Å². The summed E-state index contributed by atoms with van der Waals surface area (Å²) in [5, 5.41) is 1.01. The molecule has 1 aromatic carbocycles. The van der Waals surface area contributed by atoms with E-state index in [2.05, 4.69) is 22.0 Å². The molecule has 9 heteroatoms. The Morgan fingerprint density at radius 3 is 2.82 bits per heavy atom. The lowest BCUT2D eigenvalue weighted by atomic mass is 10.1. The lowest BCUT2D eigenvalue weighted by Crippen LogP contribution is -2.17. The van der Waals surface area contributed by atoms with Crippen LogP contribution in [0.25, 0.3) is 21.4 Å². The van der Waals surface area contributed by atoms with Gasteiger partial charge in [-0.25, -0.2) is 9.37 Å². The predicted molar refractivity (Wildman–Crippen MR) is 132 cm³/mol. The average molecular weight is 506 g/mol. The van der Waals surface area contributed by atoms with Crippen LogP contribution in [0.4, 0.5) is 10.2 Å². The highest BCUT2D eigenvalue weighted by Crippen LogP contribution is 2.43. The van der Waals surface area contributed by atoms with Crippen LogP contribution in [0.5, 0.6) is 5.75 Å². The van der Waals surface area contributed by atoms with Gasteiger partial charge in [-0.2, -0.15) is 0 Å². The number of nitrogen functional groups attached to an aromatic ring is 1. The van der Waals surface area contributed by atoms with E-state index in [0.29, 0.717) is 16.2 Å². The number of rotatable bonds is 6. The Kier molecular flexibility index (Phi) is 6.22. The Bertz CT molecular complexity index is 1320. The normalized spacial score (nSPS) is 15.4. The molecule has 0 bridgehead atoms. The Hall–Kier alpha value is -2.32. The zero-order valence-corrected chi connectivity index (χ0v) is 20.2. The molecule has 5 rings (SSSR count). The van der Waals surface area contributed by atoms with Gasteiger partial charge in [0.15, 0.2) is 11.4 Å². The van der Waals surface area contributed by atoms with Gasteiger partial charge < -0.3 is 14.9 Å². The van der Waals surface area contributed by atoms with Crippen LogP contribution in [0, 0.1) is 5.82 Å². The van der Waals surface area contributed by atoms with E-state index in [1.807, 2.05) is 0 Å². The van der Waals surface area contributed by atoms with Crippen LogP contribution < -0.4 is 10.5 Å². The topological polar surface area (TPSA) is 64.5 Å². The summed E-state index contributed by atoms with van der Waals surface area (Å²) in [4.78, 5) is 9.19. The van der Waals surface area contributed by atoms with Crippen LogP contribution in [0.3, 0.4) is 0 Å². The van der Waals surface area contributed by atoms with E-state index in [4.69, 9.17) is 38.1 Å². The molecular formula is C24H22Cl2FN3O2S. The van der Waals surface area contributed by atoms with Crippen molar-refractivity contribution in [1.82, 2.24) is 9.88 Å². The van der Waals surface area contributed by atoms with E-state index >= 15 is 0 Å². The van der Waals surface area contributed by atoms with Crippen LogP contribution in [-0.4, -0.2) is 23.0 Å². The fourth-order valence-electron chi connectivity index (χ4n) is 4.20. The maximum Gasteiger partial charge on any atom is 0.205 e. The van der Waals surface area contributed by atoms with E-state index in [1.165, 1.54) is 29.9 Å². The fraction of sp³-hybridized carbons (Fsp3) is 0.292. The lowest BCUT2D eigenvalue weighted by molar-refractivity contribution is 0.227. The summed E-state index contributed by atoms with van der Waals surface area (Å²) in [6.07, 6.45) is 5.23. The number of benzene rings is 1. The van der Waals surface area contributed by atoms with E-state index in [-0.39, 0.29) is 16.6 Å². The molecule has 5 nitrogen and oxygen atoms in total. The molecule has 0 spiro atoms. The van der Waals surface area contributed by atoms with Gasteiger partial charge in [0.25, 0.3) is 0 Å². The highest BCUT2D eigenvalue weighted by molar-refractivity contribution is 7.15. The molecule has 4 heterocycles. The molecule has 2 N–H and O–H groups in total. The first-order valence-corrected chi connectivity index (χ1v) is 12.3. The van der Waals surface area contributed by atoms with E-state index < -0.39 is 11.9 Å². The Morgan fingerprint density at radius 2 is 2.03 bits per heavy atom. The summed E-state index contributed by atoms with van der Waals surface area (Å²) < 4.78 is 26.0. The predicted octanol–water partition coefficient (Wildman–Crippen LogP) is 7.32.